The Hall–Kier alpha value is -2.70. The van der Waals surface area contributed by atoms with Gasteiger partial charge in [0.05, 0.1) is 19.6 Å². The molecule has 7 heteroatoms. The molecule has 1 unspecified atom stereocenters. The highest BCUT2D eigenvalue weighted by Gasteiger charge is 2.67. The van der Waals surface area contributed by atoms with E-state index < -0.39 is 22.9 Å². The van der Waals surface area contributed by atoms with Crippen LogP contribution >= 0.6 is 0 Å². The third-order valence-electron chi connectivity index (χ3n) is 4.55. The second-order valence-electron chi connectivity index (χ2n) is 6.64. The van der Waals surface area contributed by atoms with Gasteiger partial charge in [-0.05, 0) is 26.3 Å². The molecule has 1 aromatic rings. The standard InChI is InChI=1S/C18H20N2O5/c1-4-24-14(21)13-10-18(25-19-13)15(22)17(2,3)16(23)20(18)11-12-8-6-5-7-9-12/h5-9H,4,10-11H2,1-3H3. The topological polar surface area (TPSA) is 85.3 Å². The van der Waals surface area contributed by atoms with E-state index in [0.717, 1.165) is 5.56 Å². The molecular formula is C18H20N2O5. The Morgan fingerprint density at radius 2 is 1.96 bits per heavy atom. The molecule has 1 saturated heterocycles. The molecule has 132 valence electrons. The molecule has 0 aromatic heterocycles. The van der Waals surface area contributed by atoms with Crippen molar-refractivity contribution in [3.63, 3.8) is 0 Å². The molecule has 0 bridgehead atoms. The highest BCUT2D eigenvalue weighted by molar-refractivity contribution is 6.38. The van der Waals surface area contributed by atoms with E-state index in [0.29, 0.717) is 0 Å². The van der Waals surface area contributed by atoms with Crippen LogP contribution in [0.4, 0.5) is 0 Å². The van der Waals surface area contributed by atoms with Crippen LogP contribution in [0.2, 0.25) is 0 Å². The lowest BCUT2D eigenvalue weighted by molar-refractivity contribution is -0.166. The van der Waals surface area contributed by atoms with Crippen molar-refractivity contribution < 1.29 is 24.0 Å². The van der Waals surface area contributed by atoms with Crippen LogP contribution in [-0.4, -0.2) is 40.6 Å². The Bertz CT molecular complexity index is 756. The molecule has 2 aliphatic rings. The molecule has 0 saturated carbocycles. The number of likely N-dealkylation sites (tertiary alicyclic amines) is 1. The van der Waals surface area contributed by atoms with E-state index in [1.165, 1.54) is 4.90 Å². The van der Waals surface area contributed by atoms with E-state index in [1.807, 2.05) is 30.3 Å². The van der Waals surface area contributed by atoms with Gasteiger partial charge in [0.2, 0.25) is 11.7 Å². The van der Waals surface area contributed by atoms with Crippen LogP contribution < -0.4 is 0 Å². The van der Waals surface area contributed by atoms with Crippen LogP contribution in [0.1, 0.15) is 32.8 Å². The molecule has 0 N–H and O–H groups in total. The highest BCUT2D eigenvalue weighted by atomic mass is 16.7. The third-order valence-corrected chi connectivity index (χ3v) is 4.55. The summed E-state index contributed by atoms with van der Waals surface area (Å²) in [6.07, 6.45) is -0.104. The number of amides is 1. The van der Waals surface area contributed by atoms with Crippen LogP contribution in [0.25, 0.3) is 0 Å². The minimum atomic E-state index is -1.58. The molecule has 2 aliphatic heterocycles. The molecule has 2 heterocycles. The zero-order chi connectivity index (χ0) is 18.2. The lowest BCUT2D eigenvalue weighted by Crippen LogP contribution is -2.50. The maximum absolute atomic E-state index is 13.0. The SMILES string of the molecule is CCOC(=O)C1=NOC2(C1)C(=O)C(C)(C)C(=O)N2Cc1ccccc1. The number of esters is 1. The van der Waals surface area contributed by atoms with Crippen molar-refractivity contribution >= 4 is 23.4 Å². The Morgan fingerprint density at radius 3 is 2.60 bits per heavy atom. The average Bonchev–Trinajstić information content (AvgIpc) is 3.10. The summed E-state index contributed by atoms with van der Waals surface area (Å²) >= 11 is 0. The Balaban J connectivity index is 1.94. The summed E-state index contributed by atoms with van der Waals surface area (Å²) in [6, 6.07) is 9.29. The Morgan fingerprint density at radius 1 is 1.28 bits per heavy atom. The van der Waals surface area contributed by atoms with E-state index in [1.54, 1.807) is 20.8 Å². The van der Waals surface area contributed by atoms with Gasteiger partial charge in [-0.2, -0.15) is 0 Å². The number of hydrogen-bond acceptors (Lipinski definition) is 6. The molecule has 1 atom stereocenters. The number of ketones is 1. The largest absolute Gasteiger partial charge is 0.461 e. The third kappa shape index (κ3) is 2.59. The van der Waals surface area contributed by atoms with Gasteiger partial charge in [-0.15, -0.1) is 0 Å². The minimum absolute atomic E-state index is 0.0127. The number of hydrogen-bond donors (Lipinski definition) is 0. The van der Waals surface area contributed by atoms with Crippen molar-refractivity contribution in [2.45, 2.75) is 39.5 Å². The number of oxime groups is 1. The quantitative estimate of drug-likeness (QED) is 0.612. The molecular weight excluding hydrogens is 324 g/mol. The summed E-state index contributed by atoms with van der Waals surface area (Å²) in [5, 5.41) is 3.76. The molecule has 25 heavy (non-hydrogen) atoms. The number of ether oxygens (including phenoxy) is 1. The fourth-order valence-electron chi connectivity index (χ4n) is 3.19. The van der Waals surface area contributed by atoms with Crippen molar-refractivity contribution in [2.75, 3.05) is 6.61 Å². The summed E-state index contributed by atoms with van der Waals surface area (Å²) in [4.78, 5) is 44.6. The molecule has 1 fully saturated rings. The number of benzene rings is 1. The van der Waals surface area contributed by atoms with E-state index in [2.05, 4.69) is 5.16 Å². The first-order chi connectivity index (χ1) is 11.8. The number of carbonyl (C=O) groups is 3. The fraction of sp³-hybridized carbons (Fsp3) is 0.444. The van der Waals surface area contributed by atoms with Gasteiger partial charge in [-0.1, -0.05) is 35.5 Å². The van der Waals surface area contributed by atoms with Gasteiger partial charge >= 0.3 is 5.97 Å². The average molecular weight is 344 g/mol. The van der Waals surface area contributed by atoms with E-state index >= 15 is 0 Å². The predicted octanol–water partition coefficient (Wildman–Crippen LogP) is 1.66. The van der Waals surface area contributed by atoms with Gasteiger partial charge < -0.3 is 9.57 Å². The highest BCUT2D eigenvalue weighted by Crippen LogP contribution is 2.45. The van der Waals surface area contributed by atoms with E-state index in [-0.39, 0.29) is 31.2 Å². The van der Waals surface area contributed by atoms with Crippen molar-refractivity contribution in [3.8, 4) is 0 Å². The van der Waals surface area contributed by atoms with Gasteiger partial charge in [0.25, 0.3) is 5.72 Å². The molecule has 1 spiro atoms. The smallest absolute Gasteiger partial charge is 0.356 e. The van der Waals surface area contributed by atoms with Crippen molar-refractivity contribution in [1.29, 1.82) is 0 Å². The summed E-state index contributed by atoms with van der Waals surface area (Å²) < 4.78 is 4.93. The van der Waals surface area contributed by atoms with Crippen molar-refractivity contribution in [1.82, 2.24) is 4.90 Å². The Kier molecular flexibility index (Phi) is 4.10. The van der Waals surface area contributed by atoms with Gasteiger partial charge in [0.1, 0.15) is 5.41 Å². The monoisotopic (exact) mass is 344 g/mol. The van der Waals surface area contributed by atoms with Crippen LogP contribution in [0.15, 0.2) is 35.5 Å². The van der Waals surface area contributed by atoms with Gasteiger partial charge in [0, 0.05) is 0 Å². The van der Waals surface area contributed by atoms with Gasteiger partial charge in [0.15, 0.2) is 5.71 Å². The number of nitrogens with zero attached hydrogens (tertiary/aromatic N) is 2. The number of Topliss-reactive ketones (excluding diaryl/α,β-unsaturated/α-hetero) is 1. The minimum Gasteiger partial charge on any atom is -0.461 e. The molecule has 1 aromatic carbocycles. The first kappa shape index (κ1) is 17.1. The number of rotatable bonds is 4. The van der Waals surface area contributed by atoms with Gasteiger partial charge in [-0.25, -0.2) is 4.79 Å². The zero-order valence-corrected chi connectivity index (χ0v) is 14.4. The molecule has 1 amide bonds. The molecule has 7 nitrogen and oxygen atoms in total. The summed E-state index contributed by atoms with van der Waals surface area (Å²) in [6.45, 7) is 5.20. The molecule has 0 aliphatic carbocycles. The lowest BCUT2D eigenvalue weighted by Gasteiger charge is -2.30. The predicted molar refractivity (Wildman–Crippen MR) is 88.3 cm³/mol. The molecule has 0 radical (unpaired) electrons. The molecule has 3 rings (SSSR count). The first-order valence-electron chi connectivity index (χ1n) is 8.16. The second kappa shape index (κ2) is 5.98. The number of carbonyl (C=O) groups excluding carboxylic acids is 3. The normalized spacial score (nSPS) is 24.4. The zero-order valence-electron chi connectivity index (χ0n) is 14.4. The van der Waals surface area contributed by atoms with Crippen LogP contribution in [0.3, 0.4) is 0 Å². The van der Waals surface area contributed by atoms with Gasteiger partial charge in [-0.3, -0.25) is 14.5 Å². The Labute approximate surface area is 145 Å². The second-order valence-corrected chi connectivity index (χ2v) is 6.64. The lowest BCUT2D eigenvalue weighted by atomic mass is 9.85. The van der Waals surface area contributed by atoms with Crippen LogP contribution in [0, 0.1) is 5.41 Å². The maximum atomic E-state index is 13.0. The summed E-state index contributed by atoms with van der Waals surface area (Å²) in [5.41, 5.74) is -1.96. The maximum Gasteiger partial charge on any atom is 0.356 e. The first-order valence-corrected chi connectivity index (χ1v) is 8.16. The van der Waals surface area contributed by atoms with Crippen molar-refractivity contribution in [3.05, 3.63) is 35.9 Å². The fourth-order valence-corrected chi connectivity index (χ4v) is 3.19. The summed E-state index contributed by atoms with van der Waals surface area (Å²) in [7, 11) is 0. The van der Waals surface area contributed by atoms with E-state index in [9.17, 15) is 14.4 Å². The summed E-state index contributed by atoms with van der Waals surface area (Å²) in [5.74, 6) is -1.38. The van der Waals surface area contributed by atoms with Crippen LogP contribution in [0.5, 0.6) is 0 Å². The van der Waals surface area contributed by atoms with Crippen molar-refractivity contribution in [2.24, 2.45) is 10.6 Å². The van der Waals surface area contributed by atoms with E-state index in [4.69, 9.17) is 9.57 Å². The van der Waals surface area contributed by atoms with Crippen LogP contribution in [-0.2, 0) is 30.5 Å².